The van der Waals surface area contributed by atoms with Gasteiger partial charge in [0.15, 0.2) is 0 Å². The number of benzene rings is 1. The first kappa shape index (κ1) is 22.3. The molecule has 3 atom stereocenters. The second-order valence-electron chi connectivity index (χ2n) is 9.33. The maximum Gasteiger partial charge on any atom is 0.407 e. The van der Waals surface area contributed by atoms with Gasteiger partial charge in [0.2, 0.25) is 6.23 Å². The molecule has 0 aromatic heterocycles. The molecule has 10 heteroatoms. The molecular formula is C22H28F2N4O4. The van der Waals surface area contributed by atoms with Crippen LogP contribution in [-0.2, 0) is 16.0 Å². The number of amides is 2. The van der Waals surface area contributed by atoms with E-state index < -0.39 is 30.2 Å². The normalized spacial score (nSPS) is 25.2. The van der Waals surface area contributed by atoms with E-state index in [9.17, 15) is 18.4 Å². The highest BCUT2D eigenvalue weighted by Gasteiger charge is 2.39. The maximum absolute atomic E-state index is 13.3. The predicted octanol–water partition coefficient (Wildman–Crippen LogP) is 3.68. The molecule has 1 saturated carbocycles. The number of nitrogens with one attached hydrogen (secondary N) is 2. The molecule has 174 valence electrons. The molecule has 1 aromatic rings. The number of fused-ring (bicyclic) bond motifs is 1. The van der Waals surface area contributed by atoms with Crippen LogP contribution in [0.25, 0.3) is 0 Å². The molecule has 2 aliphatic heterocycles. The van der Waals surface area contributed by atoms with E-state index in [1.54, 1.807) is 37.8 Å². The van der Waals surface area contributed by atoms with E-state index in [-0.39, 0.29) is 18.0 Å². The van der Waals surface area contributed by atoms with E-state index in [1.807, 2.05) is 6.07 Å². The van der Waals surface area contributed by atoms with Crippen LogP contribution < -0.4 is 10.7 Å². The van der Waals surface area contributed by atoms with Crippen LogP contribution in [0.1, 0.15) is 74.2 Å². The van der Waals surface area contributed by atoms with E-state index in [1.165, 1.54) is 0 Å². The number of hydrogen-bond acceptors (Lipinski definition) is 6. The van der Waals surface area contributed by atoms with Gasteiger partial charge in [-0.25, -0.2) is 4.79 Å². The number of rotatable bonds is 4. The van der Waals surface area contributed by atoms with Gasteiger partial charge < -0.3 is 19.7 Å². The van der Waals surface area contributed by atoms with E-state index >= 15 is 0 Å². The Labute approximate surface area is 185 Å². The summed E-state index contributed by atoms with van der Waals surface area (Å²) in [6, 6.07) is 4.88. The monoisotopic (exact) mass is 450 g/mol. The summed E-state index contributed by atoms with van der Waals surface area (Å²) < 4.78 is 36.1. The van der Waals surface area contributed by atoms with Crippen molar-refractivity contribution >= 4 is 17.9 Å². The molecule has 8 nitrogen and oxygen atoms in total. The average Bonchev–Trinajstić information content (AvgIpc) is 3.32. The molecule has 2 unspecified atom stereocenters. The largest absolute Gasteiger partial charge is 0.446 e. The first-order chi connectivity index (χ1) is 15.1. The first-order valence-corrected chi connectivity index (χ1v) is 10.8. The van der Waals surface area contributed by atoms with Crippen molar-refractivity contribution in [1.29, 1.82) is 0 Å². The van der Waals surface area contributed by atoms with Crippen molar-refractivity contribution in [3.8, 4) is 0 Å². The summed E-state index contributed by atoms with van der Waals surface area (Å²) in [7, 11) is 0. The third kappa shape index (κ3) is 4.63. The molecule has 4 rings (SSSR count). The lowest BCUT2D eigenvalue weighted by Gasteiger charge is -2.38. The maximum atomic E-state index is 13.3. The van der Waals surface area contributed by atoms with Crippen LogP contribution >= 0.6 is 0 Å². The third-order valence-corrected chi connectivity index (χ3v) is 5.82. The zero-order valence-electron chi connectivity index (χ0n) is 18.4. The molecule has 1 aliphatic carbocycles. The zero-order valence-corrected chi connectivity index (χ0v) is 18.4. The van der Waals surface area contributed by atoms with Gasteiger partial charge in [0.25, 0.3) is 11.8 Å². The van der Waals surface area contributed by atoms with E-state index in [4.69, 9.17) is 9.47 Å². The predicted molar refractivity (Wildman–Crippen MR) is 112 cm³/mol. The lowest BCUT2D eigenvalue weighted by molar-refractivity contribution is 0.0393. The summed E-state index contributed by atoms with van der Waals surface area (Å²) in [6.07, 6.45) is -0.666. The Balaban J connectivity index is 1.47. The Hall–Kier alpha value is -2.91. The van der Waals surface area contributed by atoms with Crippen molar-refractivity contribution in [3.05, 3.63) is 34.9 Å². The van der Waals surface area contributed by atoms with Crippen molar-refractivity contribution in [2.75, 3.05) is 0 Å². The van der Waals surface area contributed by atoms with Gasteiger partial charge in [0, 0.05) is 17.7 Å². The Morgan fingerprint density at radius 3 is 2.75 bits per heavy atom. The van der Waals surface area contributed by atoms with Crippen molar-refractivity contribution in [3.63, 3.8) is 0 Å². The highest BCUT2D eigenvalue weighted by atomic mass is 19.3. The molecule has 2 amide bonds. The van der Waals surface area contributed by atoms with Gasteiger partial charge in [-0.05, 0) is 45.2 Å². The summed E-state index contributed by atoms with van der Waals surface area (Å²) in [5.74, 6) is -0.806. The van der Waals surface area contributed by atoms with Crippen LogP contribution in [0.5, 0.6) is 0 Å². The van der Waals surface area contributed by atoms with E-state index in [2.05, 4.69) is 15.8 Å². The second-order valence-corrected chi connectivity index (χ2v) is 9.33. The summed E-state index contributed by atoms with van der Waals surface area (Å²) in [5.41, 5.74) is 3.84. The van der Waals surface area contributed by atoms with Crippen molar-refractivity contribution in [1.82, 2.24) is 15.6 Å². The smallest absolute Gasteiger partial charge is 0.407 e. The molecule has 0 saturated heterocycles. The van der Waals surface area contributed by atoms with Crippen molar-refractivity contribution in [2.24, 2.45) is 5.10 Å². The number of hydrogen-bond donors (Lipinski definition) is 2. The highest BCUT2D eigenvalue weighted by molar-refractivity contribution is 5.99. The highest BCUT2D eigenvalue weighted by Crippen LogP contribution is 2.33. The molecule has 3 aliphatic rings. The fourth-order valence-electron chi connectivity index (χ4n) is 4.42. The summed E-state index contributed by atoms with van der Waals surface area (Å²) in [6.45, 7) is 5.85. The lowest BCUT2D eigenvalue weighted by Crippen LogP contribution is -2.54. The number of alkyl carbamates (subject to hydrolysis) is 1. The number of carbonyl (C=O) groups excluding carboxylic acids is 2. The number of hydrazone groups is 1. The Kier molecular flexibility index (Phi) is 5.96. The van der Waals surface area contributed by atoms with E-state index in [0.29, 0.717) is 17.7 Å². The van der Waals surface area contributed by atoms with Gasteiger partial charge in [0.05, 0.1) is 12.1 Å². The van der Waals surface area contributed by atoms with Crippen LogP contribution in [-0.4, -0.2) is 46.9 Å². The average molecular weight is 450 g/mol. The first-order valence-electron chi connectivity index (χ1n) is 10.8. The van der Waals surface area contributed by atoms with Gasteiger partial charge in [0.1, 0.15) is 5.60 Å². The van der Waals surface area contributed by atoms with Crippen LogP contribution in [0.2, 0.25) is 0 Å². The fourth-order valence-corrected chi connectivity index (χ4v) is 4.42. The molecule has 0 radical (unpaired) electrons. The third-order valence-electron chi connectivity index (χ3n) is 5.82. The minimum Gasteiger partial charge on any atom is -0.446 e. The van der Waals surface area contributed by atoms with Gasteiger partial charge in [-0.3, -0.25) is 10.2 Å². The molecule has 2 heterocycles. The quantitative estimate of drug-likeness (QED) is 0.730. The summed E-state index contributed by atoms with van der Waals surface area (Å²) in [5, 5.41) is 6.45. The number of halogens is 2. The van der Waals surface area contributed by atoms with Crippen molar-refractivity contribution in [2.45, 2.75) is 83.3 Å². The van der Waals surface area contributed by atoms with Gasteiger partial charge in [-0.1, -0.05) is 25.0 Å². The number of ether oxygens (including phenoxy) is 2. The van der Waals surface area contributed by atoms with Crippen molar-refractivity contribution < 1.29 is 27.8 Å². The van der Waals surface area contributed by atoms with Gasteiger partial charge in [-0.2, -0.15) is 8.78 Å². The van der Waals surface area contributed by atoms with Crippen LogP contribution in [0.3, 0.4) is 0 Å². The minimum atomic E-state index is -2.81. The zero-order chi connectivity index (χ0) is 23.0. The lowest BCUT2D eigenvalue weighted by atomic mass is 9.89. The number of carbonyl (C=O) groups is 2. The molecule has 1 aromatic carbocycles. The molecule has 1 fully saturated rings. The fraction of sp³-hybridized carbons (Fsp3) is 0.591. The van der Waals surface area contributed by atoms with Crippen LogP contribution in [0.15, 0.2) is 23.3 Å². The Morgan fingerprint density at radius 1 is 1.31 bits per heavy atom. The molecule has 0 bridgehead atoms. The van der Waals surface area contributed by atoms with E-state index in [0.717, 1.165) is 31.2 Å². The Morgan fingerprint density at radius 2 is 2.06 bits per heavy atom. The molecule has 0 spiro atoms. The molecule has 32 heavy (non-hydrogen) atoms. The summed E-state index contributed by atoms with van der Waals surface area (Å²) >= 11 is 0. The SMILES string of the molecule is CC(C)(C)OC(=O)N[C@H]1CCCCC1N1Cc2ccc(C3NN=C(C(F)F)O3)cc2C1=O. The van der Waals surface area contributed by atoms with Gasteiger partial charge in [-0.15, -0.1) is 5.10 Å². The topological polar surface area (TPSA) is 92.3 Å². The second kappa shape index (κ2) is 8.55. The standard InChI is InChI=1S/C22H28F2N4O4/c1-22(2,3)32-21(30)25-15-6-4-5-7-16(15)28-11-13-9-8-12(10-14(13)20(28)29)18-26-27-19(31-18)17(23)24/h8-10,15-18,26H,4-7,11H2,1-3H3,(H,25,30)/t15-,16?,18?/m0/s1. The number of nitrogens with zero attached hydrogens (tertiary/aromatic N) is 2. The number of alkyl halides is 2. The van der Waals surface area contributed by atoms with Gasteiger partial charge >= 0.3 is 12.5 Å². The van der Waals surface area contributed by atoms with Crippen LogP contribution in [0, 0.1) is 0 Å². The van der Waals surface area contributed by atoms with Crippen LogP contribution in [0.4, 0.5) is 13.6 Å². The summed E-state index contributed by atoms with van der Waals surface area (Å²) in [4.78, 5) is 27.4. The molecular weight excluding hydrogens is 422 g/mol. The Bertz CT molecular complexity index is 931. The molecule has 2 N–H and O–H groups in total. The minimum absolute atomic E-state index is 0.141.